The summed E-state index contributed by atoms with van der Waals surface area (Å²) in [5, 5.41) is 15.0. The van der Waals surface area contributed by atoms with Gasteiger partial charge in [-0.15, -0.1) is 11.6 Å². The highest BCUT2D eigenvalue weighted by Crippen LogP contribution is 2.25. The largest absolute Gasteiger partial charge is 0.335 e. The molecular formula is C14H28ClFN6O. The molecule has 0 spiro atoms. The average molecular weight is 351 g/mol. The lowest BCUT2D eigenvalue weighted by Gasteiger charge is -2.37. The molecule has 1 saturated carbocycles. The number of hydrogen-bond acceptors (Lipinski definition) is 5. The van der Waals surface area contributed by atoms with Crippen LogP contribution >= 0.6 is 11.6 Å². The fraction of sp³-hybridized carbons (Fsp3) is 0.929. The predicted octanol–water partition coefficient (Wildman–Crippen LogP) is -0.0870. The van der Waals surface area contributed by atoms with Crippen molar-refractivity contribution in [2.75, 3.05) is 13.1 Å². The Morgan fingerprint density at radius 1 is 1.30 bits per heavy atom. The van der Waals surface area contributed by atoms with Crippen molar-refractivity contribution in [1.29, 1.82) is 0 Å². The molecular weight excluding hydrogens is 323 g/mol. The number of carbonyl (C=O) groups is 1. The minimum atomic E-state index is -0.977. The molecule has 2 rings (SSSR count). The lowest BCUT2D eigenvalue weighted by atomic mass is 9.93. The monoisotopic (exact) mass is 350 g/mol. The van der Waals surface area contributed by atoms with Gasteiger partial charge in [0, 0.05) is 25.2 Å². The maximum atomic E-state index is 13.4. The Morgan fingerprint density at radius 2 is 2.09 bits per heavy atom. The van der Waals surface area contributed by atoms with E-state index in [0.717, 1.165) is 6.42 Å². The lowest BCUT2D eigenvalue weighted by molar-refractivity contribution is 0.180. The molecule has 1 saturated heterocycles. The van der Waals surface area contributed by atoms with Gasteiger partial charge in [0.2, 0.25) is 0 Å². The lowest BCUT2D eigenvalue weighted by Crippen LogP contribution is -2.68. The van der Waals surface area contributed by atoms with Gasteiger partial charge in [0.15, 0.2) is 0 Å². The highest BCUT2D eigenvalue weighted by molar-refractivity contribution is 6.21. The zero-order valence-electron chi connectivity index (χ0n) is 13.4. The van der Waals surface area contributed by atoms with E-state index in [2.05, 4.69) is 33.5 Å². The van der Waals surface area contributed by atoms with Crippen LogP contribution < -0.4 is 32.3 Å². The second kappa shape index (κ2) is 8.98. The van der Waals surface area contributed by atoms with Crippen molar-refractivity contribution in [3.05, 3.63) is 0 Å². The van der Waals surface area contributed by atoms with E-state index in [1.54, 1.807) is 0 Å². The predicted molar refractivity (Wildman–Crippen MR) is 88.8 cm³/mol. The first-order valence-electron chi connectivity index (χ1n) is 8.28. The Hall–Kier alpha value is -0.670. The number of nitrogens with one attached hydrogen (secondary N) is 5. The number of carbonyl (C=O) groups excluding carboxylic acids is 1. The van der Waals surface area contributed by atoms with Crippen molar-refractivity contribution in [2.24, 2.45) is 5.73 Å². The van der Waals surface area contributed by atoms with E-state index in [1.165, 1.54) is 0 Å². The van der Waals surface area contributed by atoms with E-state index >= 15 is 0 Å². The first-order chi connectivity index (χ1) is 11.0. The normalized spacial score (nSPS) is 38.1. The summed E-state index contributed by atoms with van der Waals surface area (Å²) < 4.78 is 13.4. The standard InChI is InChI=1S/C14H28ClFN6O/c1-8-6-12(18-5-4-17)21-13(19-8)22-14(23)20-9-2-3-11(16)10(15)7-9/h8-13,18-19,21H,2-7,17H2,1H3,(H2,20,22,23). The molecule has 1 aliphatic heterocycles. The summed E-state index contributed by atoms with van der Waals surface area (Å²) >= 11 is 5.93. The molecule has 2 amide bonds. The maximum Gasteiger partial charge on any atom is 0.317 e. The van der Waals surface area contributed by atoms with Crippen LogP contribution in [0.1, 0.15) is 32.6 Å². The third-order valence-corrected chi connectivity index (χ3v) is 4.70. The van der Waals surface area contributed by atoms with Crippen LogP contribution in [0.15, 0.2) is 0 Å². The van der Waals surface area contributed by atoms with Gasteiger partial charge in [-0.25, -0.2) is 9.18 Å². The summed E-state index contributed by atoms with van der Waals surface area (Å²) in [6.07, 6.45) is 1.14. The van der Waals surface area contributed by atoms with Crippen LogP contribution in [-0.4, -0.2) is 55.2 Å². The highest BCUT2D eigenvalue weighted by atomic mass is 35.5. The number of hydrogen-bond donors (Lipinski definition) is 6. The molecule has 23 heavy (non-hydrogen) atoms. The molecule has 0 aromatic carbocycles. The van der Waals surface area contributed by atoms with Crippen molar-refractivity contribution in [2.45, 2.75) is 68.7 Å². The van der Waals surface area contributed by atoms with Gasteiger partial charge >= 0.3 is 6.03 Å². The molecule has 2 aliphatic rings. The van der Waals surface area contributed by atoms with Crippen molar-refractivity contribution < 1.29 is 9.18 Å². The van der Waals surface area contributed by atoms with Crippen molar-refractivity contribution in [3.63, 3.8) is 0 Å². The molecule has 1 aliphatic carbocycles. The van der Waals surface area contributed by atoms with Crippen molar-refractivity contribution in [1.82, 2.24) is 26.6 Å². The second-order valence-electron chi connectivity index (χ2n) is 6.36. The van der Waals surface area contributed by atoms with Crippen LogP contribution in [-0.2, 0) is 0 Å². The topological polar surface area (TPSA) is 103 Å². The number of alkyl halides is 2. The van der Waals surface area contributed by atoms with E-state index in [-0.39, 0.29) is 30.6 Å². The highest BCUT2D eigenvalue weighted by Gasteiger charge is 2.31. The average Bonchev–Trinajstić information content (AvgIpc) is 2.48. The summed E-state index contributed by atoms with van der Waals surface area (Å²) in [6.45, 7) is 3.34. The van der Waals surface area contributed by atoms with Gasteiger partial charge in [-0.1, -0.05) is 0 Å². The summed E-state index contributed by atoms with van der Waals surface area (Å²) in [4.78, 5) is 12.1. The van der Waals surface area contributed by atoms with E-state index in [4.69, 9.17) is 17.3 Å². The maximum absolute atomic E-state index is 13.4. The fourth-order valence-corrected chi connectivity index (χ4v) is 3.42. The van der Waals surface area contributed by atoms with Gasteiger partial charge in [0.25, 0.3) is 0 Å². The first-order valence-corrected chi connectivity index (χ1v) is 8.72. The molecule has 0 aromatic heterocycles. The molecule has 1 heterocycles. The van der Waals surface area contributed by atoms with Crippen LogP contribution in [0.3, 0.4) is 0 Å². The number of urea groups is 1. The van der Waals surface area contributed by atoms with Crippen molar-refractivity contribution in [3.8, 4) is 0 Å². The van der Waals surface area contributed by atoms with Crippen molar-refractivity contribution >= 4 is 17.6 Å². The van der Waals surface area contributed by atoms with Gasteiger partial charge in [-0.2, -0.15) is 0 Å². The summed E-state index contributed by atoms with van der Waals surface area (Å²) in [5.41, 5.74) is 5.50. The smallest absolute Gasteiger partial charge is 0.317 e. The van der Waals surface area contributed by atoms with Crippen LogP contribution in [0.4, 0.5) is 9.18 Å². The number of halogens is 2. The van der Waals surface area contributed by atoms with Gasteiger partial charge in [-0.3, -0.25) is 10.6 Å². The molecule has 0 aromatic rings. The Kier molecular flexibility index (Phi) is 7.29. The number of amides is 2. The Balaban J connectivity index is 1.75. The van der Waals surface area contributed by atoms with Gasteiger partial charge in [0.05, 0.1) is 11.5 Å². The number of rotatable bonds is 5. The summed E-state index contributed by atoms with van der Waals surface area (Å²) in [6, 6.07) is -0.115. The van der Waals surface area contributed by atoms with E-state index in [1.807, 2.05) is 0 Å². The van der Waals surface area contributed by atoms with E-state index in [0.29, 0.717) is 32.4 Å². The van der Waals surface area contributed by atoms with Crippen LogP contribution in [0, 0.1) is 0 Å². The van der Waals surface area contributed by atoms with Crippen LogP contribution in [0.2, 0.25) is 0 Å². The quantitative estimate of drug-likeness (QED) is 0.389. The third kappa shape index (κ3) is 6.04. The molecule has 9 heteroatoms. The Labute approximate surface area is 141 Å². The number of nitrogens with two attached hydrogens (primary N) is 1. The molecule has 6 atom stereocenters. The molecule has 0 bridgehead atoms. The molecule has 2 fully saturated rings. The van der Waals surface area contributed by atoms with Crippen LogP contribution in [0.5, 0.6) is 0 Å². The van der Waals surface area contributed by atoms with Gasteiger partial charge in [0.1, 0.15) is 12.5 Å². The fourth-order valence-electron chi connectivity index (χ4n) is 3.07. The summed E-state index contributed by atoms with van der Waals surface area (Å²) in [7, 11) is 0. The SMILES string of the molecule is CC1CC(NCCN)NC(NC(=O)NC2CCC(F)C(Cl)C2)N1. The molecule has 0 radical (unpaired) electrons. The zero-order valence-corrected chi connectivity index (χ0v) is 14.2. The van der Waals surface area contributed by atoms with Crippen LogP contribution in [0.25, 0.3) is 0 Å². The minimum Gasteiger partial charge on any atom is -0.335 e. The Bertz CT molecular complexity index is 390. The van der Waals surface area contributed by atoms with E-state index in [9.17, 15) is 9.18 Å². The second-order valence-corrected chi connectivity index (χ2v) is 6.92. The Morgan fingerprint density at radius 3 is 2.78 bits per heavy atom. The molecule has 134 valence electrons. The van der Waals surface area contributed by atoms with E-state index < -0.39 is 11.5 Å². The molecule has 7 N–H and O–H groups in total. The van der Waals surface area contributed by atoms with Gasteiger partial charge in [-0.05, 0) is 32.6 Å². The zero-order chi connectivity index (χ0) is 16.8. The minimum absolute atomic E-state index is 0.0864. The molecule has 7 nitrogen and oxygen atoms in total. The summed E-state index contributed by atoms with van der Waals surface area (Å²) in [5.74, 6) is 0. The van der Waals surface area contributed by atoms with Gasteiger partial charge < -0.3 is 21.7 Å². The third-order valence-electron chi connectivity index (χ3n) is 4.25. The first kappa shape index (κ1) is 18.7. The molecule has 6 unspecified atom stereocenters.